The van der Waals surface area contributed by atoms with Crippen LogP contribution in [0.15, 0.2) is 4.99 Å². The molecule has 0 amide bonds. The van der Waals surface area contributed by atoms with Crippen molar-refractivity contribution in [3.05, 3.63) is 0 Å². The highest BCUT2D eigenvalue weighted by molar-refractivity contribution is 7.81. The van der Waals surface area contributed by atoms with Crippen LogP contribution in [-0.2, 0) is 0 Å². The van der Waals surface area contributed by atoms with Crippen molar-refractivity contribution >= 4 is 18.6 Å². The van der Waals surface area contributed by atoms with Crippen molar-refractivity contribution in [3.8, 4) is 0 Å². The molecule has 0 atom stereocenters. The summed E-state index contributed by atoms with van der Waals surface area (Å²) < 4.78 is -0.121. The van der Waals surface area contributed by atoms with Gasteiger partial charge in [-0.3, -0.25) is 4.99 Å². The molecule has 0 aromatic heterocycles. The average molecular weight is 147 g/mol. The molecule has 0 aromatic rings. The summed E-state index contributed by atoms with van der Waals surface area (Å²) in [6.07, 6.45) is 0. The van der Waals surface area contributed by atoms with Crippen molar-refractivity contribution < 1.29 is 0 Å². The van der Waals surface area contributed by atoms with Crippen LogP contribution in [0.1, 0.15) is 13.8 Å². The fourth-order valence-electron chi connectivity index (χ4n) is 0.285. The minimum atomic E-state index is -0.121. The van der Waals surface area contributed by atoms with Gasteiger partial charge < -0.3 is 11.5 Å². The summed E-state index contributed by atoms with van der Waals surface area (Å²) >= 11 is 4.21. The Morgan fingerprint density at radius 1 is 1.56 bits per heavy atom. The van der Waals surface area contributed by atoms with Gasteiger partial charge in [0.25, 0.3) is 0 Å². The first-order valence-electron chi connectivity index (χ1n) is 2.69. The van der Waals surface area contributed by atoms with Gasteiger partial charge in [-0.05, 0) is 13.8 Å². The second-order valence-corrected chi connectivity index (χ2v) is 3.76. The molecule has 9 heavy (non-hydrogen) atoms. The van der Waals surface area contributed by atoms with E-state index in [2.05, 4.69) is 17.6 Å². The van der Waals surface area contributed by atoms with Gasteiger partial charge in [-0.2, -0.15) is 12.6 Å². The van der Waals surface area contributed by atoms with Crippen molar-refractivity contribution in [1.82, 2.24) is 0 Å². The maximum absolute atomic E-state index is 5.09. The predicted octanol–water partition coefficient (Wildman–Crippen LogP) is -0.0318. The lowest BCUT2D eigenvalue weighted by Gasteiger charge is -2.12. The van der Waals surface area contributed by atoms with Crippen LogP contribution in [0, 0.1) is 0 Å². The van der Waals surface area contributed by atoms with E-state index in [1.54, 1.807) is 0 Å². The Bertz CT molecular complexity index is 110. The SMILES string of the molecule is CC(C)(S)CN=C(N)N. The fraction of sp³-hybridized carbons (Fsp3) is 0.800. The largest absolute Gasteiger partial charge is 0.370 e. The average Bonchev–Trinajstić information content (AvgIpc) is 1.59. The summed E-state index contributed by atoms with van der Waals surface area (Å²) in [5, 5.41) is 0. The molecule has 0 saturated heterocycles. The van der Waals surface area contributed by atoms with Gasteiger partial charge in [-0.15, -0.1) is 0 Å². The number of nitrogens with zero attached hydrogens (tertiary/aromatic N) is 1. The van der Waals surface area contributed by atoms with Crippen LogP contribution in [0.2, 0.25) is 0 Å². The van der Waals surface area contributed by atoms with Crippen molar-refractivity contribution in [3.63, 3.8) is 0 Å². The Morgan fingerprint density at radius 3 is 2.11 bits per heavy atom. The highest BCUT2D eigenvalue weighted by Gasteiger charge is 2.08. The number of rotatable bonds is 2. The molecule has 0 aliphatic heterocycles. The van der Waals surface area contributed by atoms with Gasteiger partial charge in [0.2, 0.25) is 0 Å². The zero-order valence-corrected chi connectivity index (χ0v) is 6.65. The quantitative estimate of drug-likeness (QED) is 0.292. The molecule has 4 heteroatoms. The van der Waals surface area contributed by atoms with Gasteiger partial charge in [-0.1, -0.05) is 0 Å². The molecule has 0 bridgehead atoms. The summed E-state index contributed by atoms with van der Waals surface area (Å²) in [7, 11) is 0. The summed E-state index contributed by atoms with van der Waals surface area (Å²) in [4.78, 5) is 3.79. The molecule has 0 fully saturated rings. The second-order valence-electron chi connectivity index (χ2n) is 2.55. The fourth-order valence-corrected chi connectivity index (χ4v) is 0.355. The van der Waals surface area contributed by atoms with Gasteiger partial charge in [0.1, 0.15) is 0 Å². The van der Waals surface area contributed by atoms with Gasteiger partial charge in [0.15, 0.2) is 5.96 Å². The predicted molar refractivity (Wildman–Crippen MR) is 43.7 cm³/mol. The lowest BCUT2D eigenvalue weighted by Crippen LogP contribution is -2.26. The van der Waals surface area contributed by atoms with Crippen molar-refractivity contribution in [2.45, 2.75) is 18.6 Å². The molecule has 0 aliphatic carbocycles. The van der Waals surface area contributed by atoms with E-state index in [4.69, 9.17) is 11.5 Å². The molecule has 4 N–H and O–H groups in total. The Hall–Kier alpha value is -0.380. The highest BCUT2D eigenvalue weighted by atomic mass is 32.1. The first kappa shape index (κ1) is 8.62. The van der Waals surface area contributed by atoms with E-state index in [0.29, 0.717) is 6.54 Å². The first-order chi connectivity index (χ1) is 3.92. The zero-order valence-electron chi connectivity index (χ0n) is 5.76. The topological polar surface area (TPSA) is 64.4 Å². The second kappa shape index (κ2) is 2.96. The van der Waals surface area contributed by atoms with Crippen molar-refractivity contribution in [1.29, 1.82) is 0 Å². The summed E-state index contributed by atoms with van der Waals surface area (Å²) in [6, 6.07) is 0. The number of aliphatic imine (C=N–C) groups is 1. The molecular weight excluding hydrogens is 134 g/mol. The molecule has 54 valence electrons. The van der Waals surface area contributed by atoms with E-state index in [1.807, 2.05) is 13.8 Å². The summed E-state index contributed by atoms with van der Waals surface area (Å²) in [5.74, 6) is 0.122. The third-order valence-electron chi connectivity index (χ3n) is 0.649. The number of hydrogen-bond donors (Lipinski definition) is 3. The lowest BCUT2D eigenvalue weighted by atomic mass is 10.2. The summed E-state index contributed by atoms with van der Waals surface area (Å²) in [6.45, 7) is 4.45. The third kappa shape index (κ3) is 7.62. The number of guanidine groups is 1. The van der Waals surface area contributed by atoms with Gasteiger partial charge in [0.05, 0.1) is 6.54 Å². The number of hydrogen-bond acceptors (Lipinski definition) is 2. The van der Waals surface area contributed by atoms with Crippen LogP contribution in [0.3, 0.4) is 0 Å². The molecule has 3 nitrogen and oxygen atoms in total. The van der Waals surface area contributed by atoms with Crippen molar-refractivity contribution in [2.24, 2.45) is 16.5 Å². The molecule has 0 spiro atoms. The van der Waals surface area contributed by atoms with E-state index in [0.717, 1.165) is 0 Å². The molecule has 0 saturated carbocycles. The van der Waals surface area contributed by atoms with Crippen LogP contribution in [0.4, 0.5) is 0 Å². The molecule has 0 aliphatic rings. The molecular formula is C5H13N3S. The lowest BCUT2D eigenvalue weighted by molar-refractivity contribution is 0.730. The minimum absolute atomic E-state index is 0.121. The normalized spacial score (nSPS) is 11.0. The molecule has 0 aromatic carbocycles. The molecule has 0 heterocycles. The van der Waals surface area contributed by atoms with E-state index >= 15 is 0 Å². The summed E-state index contributed by atoms with van der Waals surface area (Å²) in [5.41, 5.74) is 10.2. The van der Waals surface area contributed by atoms with E-state index in [9.17, 15) is 0 Å². The van der Waals surface area contributed by atoms with E-state index in [-0.39, 0.29) is 10.7 Å². The zero-order chi connectivity index (χ0) is 7.49. The highest BCUT2D eigenvalue weighted by Crippen LogP contribution is 2.10. The molecule has 0 radical (unpaired) electrons. The Kier molecular flexibility index (Phi) is 2.84. The number of nitrogens with two attached hydrogens (primary N) is 2. The van der Waals surface area contributed by atoms with E-state index < -0.39 is 0 Å². The maximum atomic E-state index is 5.09. The van der Waals surface area contributed by atoms with Crippen LogP contribution < -0.4 is 11.5 Å². The van der Waals surface area contributed by atoms with Gasteiger partial charge in [0, 0.05) is 4.75 Å². The third-order valence-corrected chi connectivity index (χ3v) is 0.790. The monoisotopic (exact) mass is 147 g/mol. The minimum Gasteiger partial charge on any atom is -0.370 e. The van der Waals surface area contributed by atoms with Crippen molar-refractivity contribution in [2.75, 3.05) is 6.54 Å². The molecule has 0 unspecified atom stereocenters. The van der Waals surface area contributed by atoms with Crippen LogP contribution in [0.5, 0.6) is 0 Å². The molecule has 0 rings (SSSR count). The van der Waals surface area contributed by atoms with E-state index in [1.165, 1.54) is 0 Å². The first-order valence-corrected chi connectivity index (χ1v) is 3.14. The van der Waals surface area contributed by atoms with Gasteiger partial charge >= 0.3 is 0 Å². The van der Waals surface area contributed by atoms with Gasteiger partial charge in [-0.25, -0.2) is 0 Å². The standard InChI is InChI=1S/C5H13N3S/c1-5(2,9)3-8-4(6)7/h9H,3H2,1-2H3,(H4,6,7,8). The van der Waals surface area contributed by atoms with Crippen LogP contribution in [0.25, 0.3) is 0 Å². The Balaban J connectivity index is 3.64. The van der Waals surface area contributed by atoms with Crippen LogP contribution in [-0.4, -0.2) is 17.3 Å². The van der Waals surface area contributed by atoms with Crippen LogP contribution >= 0.6 is 12.6 Å². The Labute approximate surface area is 60.9 Å². The Morgan fingerprint density at radius 2 is 2.00 bits per heavy atom. The smallest absolute Gasteiger partial charge is 0.185 e. The maximum Gasteiger partial charge on any atom is 0.185 e. The number of thiol groups is 1.